The van der Waals surface area contributed by atoms with Crippen molar-refractivity contribution in [2.45, 2.75) is 13.5 Å². The van der Waals surface area contributed by atoms with Crippen LogP contribution in [0.15, 0.2) is 29.3 Å². The average molecular weight is 422 g/mol. The number of guanidine groups is 1. The Labute approximate surface area is 148 Å². The maximum Gasteiger partial charge on any atom is 0.243 e. The van der Waals surface area contributed by atoms with Gasteiger partial charge in [-0.15, -0.1) is 24.0 Å². The largest absolute Gasteiger partial charge is 0.357 e. The summed E-state index contributed by atoms with van der Waals surface area (Å²) in [5.41, 5.74) is 0.849. The summed E-state index contributed by atoms with van der Waals surface area (Å²) in [5, 5.41) is 3.12. The first-order chi connectivity index (χ1) is 9.93. The number of rotatable bonds is 5. The molecule has 124 valence electrons. The van der Waals surface area contributed by atoms with Gasteiger partial charge < -0.3 is 15.1 Å². The highest BCUT2D eigenvalue weighted by molar-refractivity contribution is 14.0. The second-order valence-corrected chi connectivity index (χ2v) is 4.94. The van der Waals surface area contributed by atoms with E-state index >= 15 is 0 Å². The zero-order valence-electron chi connectivity index (χ0n) is 13.5. The zero-order valence-corrected chi connectivity index (χ0v) is 15.8. The third-order valence-corrected chi connectivity index (χ3v) is 2.87. The molecule has 1 aromatic rings. The van der Waals surface area contributed by atoms with Crippen LogP contribution in [-0.4, -0.2) is 55.9 Å². The summed E-state index contributed by atoms with van der Waals surface area (Å²) in [6.07, 6.45) is 0. The predicted molar refractivity (Wildman–Crippen MR) is 98.0 cm³/mol. The van der Waals surface area contributed by atoms with Gasteiger partial charge in [0, 0.05) is 34.2 Å². The lowest BCUT2D eigenvalue weighted by Crippen LogP contribution is -2.39. The van der Waals surface area contributed by atoms with Crippen molar-refractivity contribution in [1.82, 2.24) is 15.1 Å². The van der Waals surface area contributed by atoms with Crippen molar-refractivity contribution in [2.24, 2.45) is 4.99 Å². The zero-order chi connectivity index (χ0) is 15.8. The third kappa shape index (κ3) is 7.06. The number of hydrogen-bond donors (Lipinski definition) is 1. The highest BCUT2D eigenvalue weighted by Crippen LogP contribution is 2.06. The molecule has 0 saturated heterocycles. The van der Waals surface area contributed by atoms with E-state index in [-0.39, 0.29) is 42.2 Å². The molecule has 1 amide bonds. The van der Waals surface area contributed by atoms with Crippen molar-refractivity contribution in [2.75, 3.05) is 34.2 Å². The molecule has 1 aromatic carbocycles. The first-order valence-electron chi connectivity index (χ1n) is 6.88. The van der Waals surface area contributed by atoms with Crippen molar-refractivity contribution in [3.8, 4) is 0 Å². The highest BCUT2D eigenvalue weighted by Gasteiger charge is 2.09. The van der Waals surface area contributed by atoms with Crippen molar-refractivity contribution < 1.29 is 9.18 Å². The minimum atomic E-state index is -0.259. The van der Waals surface area contributed by atoms with E-state index in [1.165, 1.54) is 17.0 Å². The van der Waals surface area contributed by atoms with Crippen molar-refractivity contribution in [1.29, 1.82) is 0 Å². The topological polar surface area (TPSA) is 47.9 Å². The number of halogens is 2. The number of aliphatic imine (C=N–C) groups is 1. The Bertz CT molecular complexity index is 508. The lowest BCUT2D eigenvalue weighted by atomic mass is 10.2. The number of carbonyl (C=O) groups excluding carboxylic acids is 1. The van der Waals surface area contributed by atoms with Crippen LogP contribution in [0.4, 0.5) is 4.39 Å². The molecule has 1 rings (SSSR count). The quantitative estimate of drug-likeness (QED) is 0.448. The lowest BCUT2D eigenvalue weighted by molar-refractivity contribution is -0.127. The molecular formula is C15H24FIN4O. The number of carbonyl (C=O) groups is 1. The fourth-order valence-corrected chi connectivity index (χ4v) is 1.74. The molecule has 0 heterocycles. The molecular weight excluding hydrogens is 398 g/mol. The highest BCUT2D eigenvalue weighted by atomic mass is 127. The number of nitrogens with zero attached hydrogens (tertiary/aromatic N) is 3. The van der Waals surface area contributed by atoms with Crippen LogP contribution in [0, 0.1) is 5.82 Å². The molecule has 0 aliphatic heterocycles. The van der Waals surface area contributed by atoms with Crippen LogP contribution in [0.2, 0.25) is 0 Å². The SMILES string of the molecule is CCNC(=NCC(=O)N(C)C)N(C)Cc1cccc(F)c1.I. The minimum absolute atomic E-state index is 0. The average Bonchev–Trinajstić information content (AvgIpc) is 2.42. The summed E-state index contributed by atoms with van der Waals surface area (Å²) >= 11 is 0. The van der Waals surface area contributed by atoms with Crippen LogP contribution in [-0.2, 0) is 11.3 Å². The summed E-state index contributed by atoms with van der Waals surface area (Å²) in [5.74, 6) is 0.298. The molecule has 0 saturated carbocycles. The summed E-state index contributed by atoms with van der Waals surface area (Å²) in [7, 11) is 5.25. The van der Waals surface area contributed by atoms with E-state index < -0.39 is 0 Å². The third-order valence-electron chi connectivity index (χ3n) is 2.87. The van der Waals surface area contributed by atoms with Crippen LogP contribution in [0.1, 0.15) is 12.5 Å². The van der Waals surface area contributed by atoms with Crippen LogP contribution < -0.4 is 5.32 Å². The molecule has 7 heteroatoms. The number of benzene rings is 1. The van der Waals surface area contributed by atoms with Crippen molar-refractivity contribution in [3.63, 3.8) is 0 Å². The van der Waals surface area contributed by atoms with Crippen LogP contribution >= 0.6 is 24.0 Å². The second-order valence-electron chi connectivity index (χ2n) is 4.94. The van der Waals surface area contributed by atoms with Crippen LogP contribution in [0.3, 0.4) is 0 Å². The number of likely N-dealkylation sites (N-methyl/N-ethyl adjacent to an activating group) is 1. The maximum absolute atomic E-state index is 13.2. The Morgan fingerprint density at radius 2 is 2.00 bits per heavy atom. The van der Waals surface area contributed by atoms with Gasteiger partial charge in [0.15, 0.2) is 5.96 Å². The molecule has 0 aliphatic carbocycles. The maximum atomic E-state index is 13.2. The van der Waals surface area contributed by atoms with Gasteiger partial charge >= 0.3 is 0 Å². The molecule has 0 bridgehead atoms. The van der Waals surface area contributed by atoms with E-state index in [2.05, 4.69) is 10.3 Å². The van der Waals surface area contributed by atoms with Gasteiger partial charge in [0.2, 0.25) is 5.91 Å². The Hall–Kier alpha value is -1.38. The molecule has 1 N–H and O–H groups in total. The van der Waals surface area contributed by atoms with Gasteiger partial charge in [-0.05, 0) is 24.6 Å². The van der Waals surface area contributed by atoms with Crippen molar-refractivity contribution >= 4 is 35.8 Å². The van der Waals surface area contributed by atoms with Gasteiger partial charge in [0.1, 0.15) is 12.4 Å². The molecule has 5 nitrogen and oxygen atoms in total. The first kappa shape index (κ1) is 20.6. The molecule has 0 spiro atoms. The number of hydrogen-bond acceptors (Lipinski definition) is 2. The van der Waals surface area contributed by atoms with E-state index in [0.717, 1.165) is 5.56 Å². The Morgan fingerprint density at radius 1 is 1.32 bits per heavy atom. The Kier molecular flexibility index (Phi) is 9.71. The smallest absolute Gasteiger partial charge is 0.243 e. The summed E-state index contributed by atoms with van der Waals surface area (Å²) in [4.78, 5) is 19.3. The summed E-state index contributed by atoms with van der Waals surface area (Å²) in [6.45, 7) is 3.25. The van der Waals surface area contributed by atoms with E-state index in [1.807, 2.05) is 24.9 Å². The Morgan fingerprint density at radius 3 is 2.55 bits per heavy atom. The van der Waals surface area contributed by atoms with Gasteiger partial charge in [0.25, 0.3) is 0 Å². The fraction of sp³-hybridized carbons (Fsp3) is 0.467. The molecule has 22 heavy (non-hydrogen) atoms. The van der Waals surface area contributed by atoms with Gasteiger partial charge in [-0.25, -0.2) is 9.38 Å². The monoisotopic (exact) mass is 422 g/mol. The summed E-state index contributed by atoms with van der Waals surface area (Å²) in [6, 6.07) is 6.44. The van der Waals surface area contributed by atoms with E-state index in [9.17, 15) is 9.18 Å². The second kappa shape index (κ2) is 10.4. The fourth-order valence-electron chi connectivity index (χ4n) is 1.74. The van der Waals surface area contributed by atoms with E-state index in [4.69, 9.17) is 0 Å². The number of nitrogens with one attached hydrogen (secondary N) is 1. The molecule has 0 fully saturated rings. The molecule has 0 aromatic heterocycles. The van der Waals surface area contributed by atoms with E-state index in [1.54, 1.807) is 20.2 Å². The van der Waals surface area contributed by atoms with Crippen LogP contribution in [0.25, 0.3) is 0 Å². The van der Waals surface area contributed by atoms with Gasteiger partial charge in [-0.1, -0.05) is 12.1 Å². The van der Waals surface area contributed by atoms with Crippen LogP contribution in [0.5, 0.6) is 0 Å². The Balaban J connectivity index is 0.00000441. The molecule has 0 aliphatic rings. The lowest BCUT2D eigenvalue weighted by Gasteiger charge is -2.22. The van der Waals surface area contributed by atoms with Gasteiger partial charge in [-0.2, -0.15) is 0 Å². The standard InChI is InChI=1S/C15H23FN4O.HI/c1-5-17-15(18-10-14(21)19(2)3)20(4)11-12-7-6-8-13(16)9-12;/h6-9H,5,10-11H2,1-4H3,(H,17,18);1H. The molecule has 0 unspecified atom stereocenters. The normalized spacial score (nSPS) is 10.7. The predicted octanol–water partition coefficient (Wildman–Crippen LogP) is 1.93. The van der Waals surface area contributed by atoms with Crippen molar-refractivity contribution in [3.05, 3.63) is 35.6 Å². The first-order valence-corrected chi connectivity index (χ1v) is 6.88. The van der Waals surface area contributed by atoms with Gasteiger partial charge in [-0.3, -0.25) is 4.79 Å². The minimum Gasteiger partial charge on any atom is -0.357 e. The van der Waals surface area contributed by atoms with E-state index in [0.29, 0.717) is 19.0 Å². The molecule has 0 atom stereocenters. The summed E-state index contributed by atoms with van der Waals surface area (Å²) < 4.78 is 13.2. The molecule has 0 radical (unpaired) electrons. The number of amides is 1. The van der Waals surface area contributed by atoms with Gasteiger partial charge in [0.05, 0.1) is 0 Å².